The van der Waals surface area contributed by atoms with Crippen molar-refractivity contribution in [3.63, 3.8) is 0 Å². The zero-order valence-corrected chi connectivity index (χ0v) is 10.6. The van der Waals surface area contributed by atoms with Crippen LogP contribution in [0.3, 0.4) is 0 Å². The lowest BCUT2D eigenvalue weighted by Crippen LogP contribution is -2.43. The highest BCUT2D eigenvalue weighted by atomic mass is 19.1. The molecule has 4 N–H and O–H groups in total. The van der Waals surface area contributed by atoms with Gasteiger partial charge in [-0.05, 0) is 6.92 Å². The Balaban J connectivity index is 2.10. The van der Waals surface area contributed by atoms with Crippen molar-refractivity contribution in [2.75, 3.05) is 12.4 Å². The Morgan fingerprint density at radius 1 is 1.50 bits per heavy atom. The van der Waals surface area contributed by atoms with Crippen molar-refractivity contribution in [3.8, 4) is 0 Å². The first-order valence-electron chi connectivity index (χ1n) is 6.01. The third kappa shape index (κ3) is 1.67. The minimum absolute atomic E-state index is 0.189. The molecule has 9 heteroatoms. The lowest BCUT2D eigenvalue weighted by atomic mass is 9.97. The molecule has 8 nitrogen and oxygen atoms in total. The van der Waals surface area contributed by atoms with Gasteiger partial charge in [-0.15, -0.1) is 0 Å². The van der Waals surface area contributed by atoms with Crippen LogP contribution in [0, 0.1) is 0 Å². The van der Waals surface area contributed by atoms with Crippen molar-refractivity contribution in [3.05, 3.63) is 12.7 Å². The van der Waals surface area contributed by atoms with E-state index in [2.05, 4.69) is 15.0 Å². The molecule has 0 aliphatic carbocycles. The van der Waals surface area contributed by atoms with Crippen molar-refractivity contribution in [1.82, 2.24) is 19.5 Å². The summed E-state index contributed by atoms with van der Waals surface area (Å²) in [6.45, 7) is 0.464. The molecule has 20 heavy (non-hydrogen) atoms. The van der Waals surface area contributed by atoms with E-state index in [0.717, 1.165) is 0 Å². The number of hydrogen-bond acceptors (Lipinski definition) is 7. The SMILES string of the molecule is CC1(O)C(O)C(CF)OC1n1cnc2c(N)ncnc21. The third-order valence-electron chi connectivity index (χ3n) is 3.55. The number of fused-ring (bicyclic) bond motifs is 1. The molecule has 1 fully saturated rings. The Morgan fingerprint density at radius 2 is 2.25 bits per heavy atom. The van der Waals surface area contributed by atoms with Gasteiger partial charge in [-0.3, -0.25) is 4.57 Å². The molecule has 2 aromatic heterocycles. The summed E-state index contributed by atoms with van der Waals surface area (Å²) in [5.41, 5.74) is 4.69. The monoisotopic (exact) mass is 283 g/mol. The van der Waals surface area contributed by atoms with Gasteiger partial charge in [-0.2, -0.15) is 0 Å². The fourth-order valence-electron chi connectivity index (χ4n) is 2.41. The highest BCUT2D eigenvalue weighted by molar-refractivity contribution is 5.81. The molecule has 4 atom stereocenters. The number of imidazole rings is 1. The second kappa shape index (κ2) is 4.33. The lowest BCUT2D eigenvalue weighted by molar-refractivity contribution is -0.0943. The first-order chi connectivity index (χ1) is 9.46. The van der Waals surface area contributed by atoms with Gasteiger partial charge in [0.2, 0.25) is 0 Å². The van der Waals surface area contributed by atoms with E-state index in [0.29, 0.717) is 11.2 Å². The molecule has 0 bridgehead atoms. The largest absolute Gasteiger partial charge is 0.387 e. The van der Waals surface area contributed by atoms with Gasteiger partial charge in [0, 0.05) is 0 Å². The Hall–Kier alpha value is -1.84. The van der Waals surface area contributed by atoms with Crippen LogP contribution in [-0.4, -0.2) is 54.2 Å². The van der Waals surface area contributed by atoms with E-state index >= 15 is 0 Å². The maximum absolute atomic E-state index is 12.8. The zero-order chi connectivity index (χ0) is 14.5. The predicted molar refractivity (Wildman–Crippen MR) is 66.3 cm³/mol. The van der Waals surface area contributed by atoms with E-state index in [1.807, 2.05) is 0 Å². The molecular formula is C11H14FN5O3. The van der Waals surface area contributed by atoms with Crippen LogP contribution in [-0.2, 0) is 4.74 Å². The molecule has 3 heterocycles. The highest BCUT2D eigenvalue weighted by Gasteiger charge is 2.53. The molecule has 2 aromatic rings. The number of aliphatic hydroxyl groups excluding tert-OH is 1. The summed E-state index contributed by atoms with van der Waals surface area (Å²) in [4.78, 5) is 11.9. The van der Waals surface area contributed by atoms with Crippen LogP contribution < -0.4 is 5.73 Å². The second-order valence-electron chi connectivity index (χ2n) is 4.93. The van der Waals surface area contributed by atoms with Gasteiger partial charge in [0.1, 0.15) is 36.3 Å². The number of nitrogens with zero attached hydrogens (tertiary/aromatic N) is 4. The molecule has 0 amide bonds. The number of rotatable bonds is 2. The maximum Gasteiger partial charge on any atom is 0.168 e. The lowest BCUT2D eigenvalue weighted by Gasteiger charge is -2.27. The molecule has 4 unspecified atom stereocenters. The van der Waals surface area contributed by atoms with Gasteiger partial charge in [-0.25, -0.2) is 19.3 Å². The number of aliphatic hydroxyl groups is 2. The van der Waals surface area contributed by atoms with Crippen LogP contribution in [0.5, 0.6) is 0 Å². The number of ether oxygens (including phenoxy) is 1. The van der Waals surface area contributed by atoms with Crippen molar-refractivity contribution < 1.29 is 19.3 Å². The summed E-state index contributed by atoms with van der Waals surface area (Å²) in [6.07, 6.45) is -0.858. The molecule has 0 saturated carbocycles. The number of nitrogen functional groups attached to an aromatic ring is 1. The van der Waals surface area contributed by atoms with Gasteiger partial charge < -0.3 is 20.7 Å². The van der Waals surface area contributed by atoms with Crippen LogP contribution in [0.2, 0.25) is 0 Å². The van der Waals surface area contributed by atoms with Crippen LogP contribution >= 0.6 is 0 Å². The molecule has 1 aliphatic heterocycles. The van der Waals surface area contributed by atoms with Crippen LogP contribution in [0.4, 0.5) is 10.2 Å². The van der Waals surface area contributed by atoms with E-state index in [9.17, 15) is 14.6 Å². The van der Waals surface area contributed by atoms with Crippen molar-refractivity contribution in [2.24, 2.45) is 0 Å². The number of halogens is 1. The molecule has 1 aliphatic rings. The highest BCUT2D eigenvalue weighted by Crippen LogP contribution is 2.39. The minimum Gasteiger partial charge on any atom is -0.387 e. The van der Waals surface area contributed by atoms with Crippen molar-refractivity contribution >= 4 is 17.0 Å². The Bertz CT molecular complexity index is 646. The number of nitrogens with two attached hydrogens (primary N) is 1. The van der Waals surface area contributed by atoms with Crippen molar-refractivity contribution in [2.45, 2.75) is 31.0 Å². The Kier molecular flexibility index (Phi) is 2.85. The van der Waals surface area contributed by atoms with Crippen LogP contribution in [0.1, 0.15) is 13.2 Å². The number of anilines is 1. The molecule has 0 radical (unpaired) electrons. The Morgan fingerprint density at radius 3 is 2.90 bits per heavy atom. The summed E-state index contributed by atoms with van der Waals surface area (Å²) >= 11 is 0. The van der Waals surface area contributed by atoms with Crippen molar-refractivity contribution in [1.29, 1.82) is 0 Å². The fraction of sp³-hybridized carbons (Fsp3) is 0.545. The molecule has 0 spiro atoms. The number of hydrogen-bond donors (Lipinski definition) is 3. The molecule has 108 valence electrons. The molecule has 1 saturated heterocycles. The first-order valence-corrected chi connectivity index (χ1v) is 6.01. The molecular weight excluding hydrogens is 269 g/mol. The summed E-state index contributed by atoms with van der Waals surface area (Å²) < 4.78 is 19.6. The van der Waals surface area contributed by atoms with Gasteiger partial charge in [0.15, 0.2) is 17.7 Å². The fourth-order valence-corrected chi connectivity index (χ4v) is 2.41. The van der Waals surface area contributed by atoms with Crippen LogP contribution in [0.15, 0.2) is 12.7 Å². The van der Waals surface area contributed by atoms with Gasteiger partial charge in [-0.1, -0.05) is 0 Å². The minimum atomic E-state index is -1.68. The smallest absolute Gasteiger partial charge is 0.168 e. The standard InChI is InChI=1S/C11H14FN5O3/c1-11(19)7(18)5(2-12)20-10(11)17-4-16-6-8(13)14-3-15-9(6)17/h3-5,7,10,18-19H,2H2,1H3,(H2,13,14,15). The Labute approximate surface area is 113 Å². The topological polar surface area (TPSA) is 119 Å². The van der Waals surface area contributed by atoms with Gasteiger partial charge in [0.25, 0.3) is 0 Å². The third-order valence-corrected chi connectivity index (χ3v) is 3.55. The van der Waals surface area contributed by atoms with Gasteiger partial charge in [0.05, 0.1) is 6.33 Å². The summed E-state index contributed by atoms with van der Waals surface area (Å²) in [5.74, 6) is 0.189. The zero-order valence-electron chi connectivity index (χ0n) is 10.6. The quantitative estimate of drug-likeness (QED) is 0.672. The van der Waals surface area contributed by atoms with E-state index in [1.165, 1.54) is 24.1 Å². The molecule has 3 rings (SSSR count). The number of aromatic nitrogens is 4. The normalized spacial score (nSPS) is 33.9. The maximum atomic E-state index is 12.8. The van der Waals surface area contributed by atoms with E-state index in [1.54, 1.807) is 0 Å². The molecule has 0 aromatic carbocycles. The van der Waals surface area contributed by atoms with Crippen LogP contribution in [0.25, 0.3) is 11.2 Å². The van der Waals surface area contributed by atoms with E-state index in [4.69, 9.17) is 10.5 Å². The number of alkyl halides is 1. The van der Waals surface area contributed by atoms with Gasteiger partial charge >= 0.3 is 0 Å². The first kappa shape index (κ1) is 13.2. The predicted octanol–water partition coefficient (Wildman–Crippen LogP) is -0.613. The second-order valence-corrected chi connectivity index (χ2v) is 4.93. The average Bonchev–Trinajstić information content (AvgIpc) is 2.92. The summed E-state index contributed by atoms with van der Waals surface area (Å²) in [7, 11) is 0. The summed E-state index contributed by atoms with van der Waals surface area (Å²) in [6, 6.07) is 0. The van der Waals surface area contributed by atoms with E-state index in [-0.39, 0.29) is 5.82 Å². The average molecular weight is 283 g/mol. The summed E-state index contributed by atoms with van der Waals surface area (Å²) in [5, 5.41) is 20.3. The van der Waals surface area contributed by atoms with E-state index < -0.39 is 30.7 Å².